The summed E-state index contributed by atoms with van der Waals surface area (Å²) in [5.74, 6) is 2.83. The van der Waals surface area contributed by atoms with Crippen LogP contribution >= 0.6 is 0 Å². The molecule has 0 unspecified atom stereocenters. The highest BCUT2D eigenvalue weighted by Gasteiger charge is 2.11. The fraction of sp³-hybridized carbons (Fsp3) is 0.700. The highest BCUT2D eigenvalue weighted by atomic mass is 16.5. The summed E-state index contributed by atoms with van der Waals surface area (Å²) >= 11 is 0. The number of carbonyl (C=O) groups excluding carboxylic acids is 9. The molecule has 20 nitrogen and oxygen atoms in total. The largest absolute Gasteiger partial charge is 0.394 e. The van der Waals surface area contributed by atoms with E-state index >= 15 is 0 Å². The summed E-state index contributed by atoms with van der Waals surface area (Å²) in [6, 6.07) is 10.5. The Labute approximate surface area is 437 Å². The number of carbonyl (C=O) groups is 9. The third-order valence-electron chi connectivity index (χ3n) is 5.26. The topological polar surface area (TPSA) is 430 Å². The lowest BCUT2D eigenvalue weighted by Crippen LogP contribution is -2.33. The summed E-state index contributed by atoms with van der Waals surface area (Å²) < 4.78 is 5.23. The number of likely N-dealkylation sites (tertiary alicyclic amines) is 1. The summed E-state index contributed by atoms with van der Waals surface area (Å²) in [5.41, 5.74) is 19.5. The van der Waals surface area contributed by atoms with E-state index in [2.05, 4.69) is 137 Å². The molecule has 21 N–H and O–H groups in total. The van der Waals surface area contributed by atoms with Crippen LogP contribution in [0.5, 0.6) is 0 Å². The van der Waals surface area contributed by atoms with Crippen molar-refractivity contribution >= 4 is 60.2 Å². The third-order valence-corrected chi connectivity index (χ3v) is 5.26. The number of rotatable bonds is 4. The summed E-state index contributed by atoms with van der Waals surface area (Å²) in [7, 11) is 6.00. The second kappa shape index (κ2) is 185. The molecule has 1 aliphatic rings. The van der Waals surface area contributed by atoms with E-state index in [-0.39, 0.29) is 45.1 Å². The molecule has 1 fully saturated rings. The molecule has 1 saturated heterocycles. The highest BCUT2D eigenvalue weighted by molar-refractivity contribution is 5.73. The maximum atomic E-state index is 10.7. The molecule has 0 aliphatic carbocycles. The first-order valence-corrected chi connectivity index (χ1v) is 21.5. The molecule has 0 aromatic heterocycles. The van der Waals surface area contributed by atoms with Gasteiger partial charge in [-0.2, -0.15) is 0 Å². The van der Waals surface area contributed by atoms with Crippen molar-refractivity contribution in [3.63, 3.8) is 0 Å². The number of benzene rings is 1. The zero-order chi connectivity index (χ0) is 58.1. The van der Waals surface area contributed by atoms with Gasteiger partial charge in [0, 0.05) is 35.6 Å². The number of aliphatic hydroxyl groups is 1. The Bertz CT molecular complexity index is 758. The van der Waals surface area contributed by atoms with Crippen LogP contribution in [0.1, 0.15) is 158 Å². The van der Waals surface area contributed by atoms with Crippen LogP contribution in [0.25, 0.3) is 0 Å². The molecular weight excluding hydrogens is 903 g/mol. The van der Waals surface area contributed by atoms with Gasteiger partial charge in [0.1, 0.15) is 54.3 Å². The number of nitrogens with two attached hydrogens (primary N) is 4. The number of hydrogen-bond donors (Lipinski definition) is 9. The summed E-state index contributed by atoms with van der Waals surface area (Å²) in [5, 5.41) is 8.06. The average molecular weight is 1030 g/mol. The fourth-order valence-electron chi connectivity index (χ4n) is 2.36. The number of aliphatic hydroxyl groups excluding tert-OH is 1. The molecule has 1 aromatic rings. The Morgan fingerprint density at radius 1 is 0.557 bits per heavy atom. The van der Waals surface area contributed by atoms with E-state index in [1.165, 1.54) is 65.9 Å². The SMILES string of the molecule is C=O.C=O.C=O.C=O.C=O.C=O.C=O.C=O.CC(=O)N1CCCCC1.CC(C)C.CC(C)O.CCC(C)C.CCC(C)C.CCOC(C)(C)C.CCc1ccccc1.CN.CN.CN.CN.N.N.N.N.[HH].[HH]. The molecule has 1 heterocycles. The fourth-order valence-corrected chi connectivity index (χ4v) is 2.36. The number of hydrogen-bond acceptors (Lipinski definition) is 19. The molecule has 0 bridgehead atoms. The van der Waals surface area contributed by atoms with Gasteiger partial charge < -0.3 is 101 Å². The lowest BCUT2D eigenvalue weighted by molar-refractivity contribution is -0.129. The van der Waals surface area contributed by atoms with Crippen molar-refractivity contribution in [1.29, 1.82) is 0 Å². The van der Waals surface area contributed by atoms with Crippen LogP contribution in [-0.4, -0.2) is 130 Å². The van der Waals surface area contributed by atoms with Crippen molar-refractivity contribution in [3.05, 3.63) is 35.9 Å². The van der Waals surface area contributed by atoms with Crippen LogP contribution in [0.4, 0.5) is 0 Å². The van der Waals surface area contributed by atoms with Crippen molar-refractivity contribution in [2.24, 2.45) is 40.7 Å². The predicted octanol–water partition coefficient (Wildman–Crippen LogP) is 9.20. The Kier molecular flexibility index (Phi) is 363. The van der Waals surface area contributed by atoms with Gasteiger partial charge in [0.25, 0.3) is 0 Å². The smallest absolute Gasteiger partial charge is 0.219 e. The minimum Gasteiger partial charge on any atom is -0.394 e. The van der Waals surface area contributed by atoms with Gasteiger partial charge in [-0.05, 0) is 119 Å². The first kappa shape index (κ1) is 138. The summed E-state index contributed by atoms with van der Waals surface area (Å²) in [4.78, 5) is 76.6. The zero-order valence-corrected chi connectivity index (χ0v) is 49.8. The lowest BCUT2D eigenvalue weighted by Gasteiger charge is -2.24. The second-order valence-electron chi connectivity index (χ2n) is 13.4. The first-order chi connectivity index (χ1) is 31.3. The van der Waals surface area contributed by atoms with Crippen molar-refractivity contribution in [3.8, 4) is 0 Å². The van der Waals surface area contributed by atoms with Crippen molar-refractivity contribution in [2.45, 2.75) is 168 Å². The van der Waals surface area contributed by atoms with Crippen LogP contribution in [-0.2, 0) is 54.3 Å². The number of piperidine rings is 1. The van der Waals surface area contributed by atoms with Crippen molar-refractivity contribution in [1.82, 2.24) is 29.5 Å². The van der Waals surface area contributed by atoms with Gasteiger partial charge >= 0.3 is 0 Å². The van der Waals surface area contributed by atoms with Crippen molar-refractivity contribution in [2.75, 3.05) is 47.9 Å². The van der Waals surface area contributed by atoms with E-state index in [0.29, 0.717) is 0 Å². The Morgan fingerprint density at radius 3 is 0.843 bits per heavy atom. The molecule has 1 amide bonds. The number of ether oxygens (including phenoxy) is 1. The summed E-state index contributed by atoms with van der Waals surface area (Å²) in [6.07, 6.45) is 7.27. The van der Waals surface area contributed by atoms with Crippen LogP contribution in [0.3, 0.4) is 0 Å². The van der Waals surface area contributed by atoms with Crippen LogP contribution < -0.4 is 47.5 Å². The molecule has 0 saturated carbocycles. The van der Waals surface area contributed by atoms with Crippen LogP contribution in [0, 0.1) is 17.8 Å². The van der Waals surface area contributed by atoms with Gasteiger partial charge in [-0.25, -0.2) is 0 Å². The molecule has 0 radical (unpaired) electrons. The predicted molar refractivity (Wildman–Crippen MR) is 313 cm³/mol. The maximum absolute atomic E-state index is 10.7. The van der Waals surface area contributed by atoms with Gasteiger partial charge in [0.15, 0.2) is 0 Å². The zero-order valence-electron chi connectivity index (χ0n) is 49.8. The molecule has 2 rings (SSSR count). The monoisotopic (exact) mass is 1030 g/mol. The minimum absolute atomic E-state index is 0. The van der Waals surface area contributed by atoms with E-state index in [4.69, 9.17) is 48.2 Å². The standard InChI is InChI=1S/C8H10.C7H13NO.C6H14O.2C5H12.C4H10.C3H8O.4CH5N.8CH2O.4H3N.2H2/c1-2-8-6-4-3-5-7-8;1-7(9)8-5-3-2-4-6-8;1-5-7-6(2,3)4;2*1-4-5(2)3;1-4(2)3;1-3(2)4;12*1-2;;;;;;/h3-7H,2H2,1H3;2-6H2,1H3;5H2,1-4H3;2*5H,4H2,1-3H3;4H,1-3H3;3-4H,1-2H3;4*2H2,1H3;8*1H2;4*1H3;2*1H. The maximum Gasteiger partial charge on any atom is 0.219 e. The normalized spacial score (nSPS) is 8.00. The molecule has 20 heteroatoms. The molecule has 1 aliphatic heterocycles. The quantitative estimate of drug-likeness (QED) is 0.136. The molecule has 0 atom stereocenters. The Balaban J connectivity index is -0.0000000172. The molecular formula is C50H131N9O11. The minimum atomic E-state index is -0.167. The first-order valence-electron chi connectivity index (χ1n) is 21.5. The Morgan fingerprint density at radius 2 is 0.757 bits per heavy atom. The molecule has 0 spiro atoms. The van der Waals surface area contributed by atoms with E-state index in [1.54, 1.807) is 20.8 Å². The van der Waals surface area contributed by atoms with E-state index in [0.717, 1.165) is 43.9 Å². The number of amides is 1. The van der Waals surface area contributed by atoms with Crippen molar-refractivity contribution < 1.29 is 55.8 Å². The van der Waals surface area contributed by atoms with E-state index in [1.807, 2.05) is 72.2 Å². The number of nitrogens with zero attached hydrogens (tertiary/aromatic N) is 1. The molecule has 1 aromatic carbocycles. The van der Waals surface area contributed by atoms with Gasteiger partial charge in [0.05, 0.1) is 5.60 Å². The van der Waals surface area contributed by atoms with Crippen LogP contribution in [0.2, 0.25) is 0 Å². The second-order valence-corrected chi connectivity index (χ2v) is 13.4. The van der Waals surface area contributed by atoms with E-state index in [9.17, 15) is 4.79 Å². The molecule has 70 heavy (non-hydrogen) atoms. The van der Waals surface area contributed by atoms with E-state index < -0.39 is 0 Å². The summed E-state index contributed by atoms with van der Waals surface area (Å²) in [6.45, 7) is 54.0. The van der Waals surface area contributed by atoms with Gasteiger partial charge in [-0.3, -0.25) is 4.79 Å². The van der Waals surface area contributed by atoms with Gasteiger partial charge in [-0.15, -0.1) is 0 Å². The Hall–Kier alpha value is -4.35. The lowest BCUT2D eigenvalue weighted by atomic mass is 10.1. The van der Waals surface area contributed by atoms with Gasteiger partial charge in [0.2, 0.25) is 5.91 Å². The average Bonchev–Trinajstić information content (AvgIpc) is 3.37. The molecule has 442 valence electrons. The van der Waals surface area contributed by atoms with Crippen LogP contribution in [0.15, 0.2) is 30.3 Å². The highest BCUT2D eigenvalue weighted by Crippen LogP contribution is 2.07. The van der Waals surface area contributed by atoms with Gasteiger partial charge in [-0.1, -0.05) is 112 Å². The third kappa shape index (κ3) is 380. The number of aryl methyl sites for hydroxylation is 1.